The van der Waals surface area contributed by atoms with Crippen LogP contribution in [-0.2, 0) is 4.79 Å². The highest BCUT2D eigenvalue weighted by molar-refractivity contribution is 6.30. The lowest BCUT2D eigenvalue weighted by Gasteiger charge is -2.39. The van der Waals surface area contributed by atoms with Gasteiger partial charge in [0, 0.05) is 34.3 Å². The second-order valence-electron chi connectivity index (χ2n) is 8.03. The molecule has 1 N–H and O–H groups in total. The Hall–Kier alpha value is -2.06. The van der Waals surface area contributed by atoms with E-state index in [0.29, 0.717) is 11.4 Å². The molecule has 4 rings (SSSR count). The minimum Gasteiger partial charge on any atom is -0.358 e. The van der Waals surface area contributed by atoms with E-state index in [1.165, 1.54) is 11.1 Å². The quantitative estimate of drug-likeness (QED) is 0.698. The van der Waals surface area contributed by atoms with E-state index in [0.717, 1.165) is 28.9 Å². The normalized spacial score (nSPS) is 21.4. The molecule has 2 aromatic rings. The molecule has 1 aliphatic carbocycles. The minimum atomic E-state index is -0.0213. The minimum absolute atomic E-state index is 0.00430. The SMILES string of the molecule is Cc1ccc2c(c1)C(c1ccc(Cl)cc1)C1=C(CC(C)(C)CC1=O)N2. The fraction of sp³-hybridized carbons (Fsp3) is 0.318. The summed E-state index contributed by atoms with van der Waals surface area (Å²) in [7, 11) is 0. The molecule has 1 unspecified atom stereocenters. The van der Waals surface area contributed by atoms with Gasteiger partial charge in [0.1, 0.15) is 0 Å². The third kappa shape index (κ3) is 2.89. The Morgan fingerprint density at radius 3 is 2.52 bits per heavy atom. The average Bonchev–Trinajstić information content (AvgIpc) is 2.53. The molecule has 0 aromatic heterocycles. The Labute approximate surface area is 153 Å². The Morgan fingerprint density at radius 1 is 1.08 bits per heavy atom. The van der Waals surface area contributed by atoms with Gasteiger partial charge in [-0.1, -0.05) is 55.3 Å². The second kappa shape index (κ2) is 5.74. The van der Waals surface area contributed by atoms with Crippen LogP contribution in [0.15, 0.2) is 53.7 Å². The number of nitrogens with one attached hydrogen (secondary N) is 1. The highest BCUT2D eigenvalue weighted by Gasteiger charge is 2.40. The van der Waals surface area contributed by atoms with Crippen molar-refractivity contribution in [2.45, 2.75) is 39.5 Å². The van der Waals surface area contributed by atoms with Gasteiger partial charge in [-0.15, -0.1) is 0 Å². The number of fused-ring (bicyclic) bond motifs is 1. The summed E-state index contributed by atoms with van der Waals surface area (Å²) in [6.07, 6.45) is 1.49. The Bertz CT molecular complexity index is 893. The fourth-order valence-corrected chi connectivity index (χ4v) is 4.26. The van der Waals surface area contributed by atoms with E-state index in [9.17, 15) is 4.79 Å². The number of anilines is 1. The molecule has 25 heavy (non-hydrogen) atoms. The van der Waals surface area contributed by atoms with E-state index in [4.69, 9.17) is 11.6 Å². The van der Waals surface area contributed by atoms with Crippen LogP contribution in [0.2, 0.25) is 5.02 Å². The number of carbonyl (C=O) groups excluding carboxylic acids is 1. The van der Waals surface area contributed by atoms with Crippen molar-refractivity contribution in [3.63, 3.8) is 0 Å². The summed E-state index contributed by atoms with van der Waals surface area (Å²) in [5.74, 6) is 0.234. The number of carbonyl (C=O) groups is 1. The zero-order chi connectivity index (χ0) is 17.8. The van der Waals surface area contributed by atoms with Crippen LogP contribution in [0, 0.1) is 12.3 Å². The molecule has 0 spiro atoms. The van der Waals surface area contributed by atoms with Crippen molar-refractivity contribution in [1.29, 1.82) is 0 Å². The van der Waals surface area contributed by atoms with Crippen LogP contribution in [0.4, 0.5) is 5.69 Å². The van der Waals surface area contributed by atoms with Crippen molar-refractivity contribution in [3.05, 3.63) is 75.4 Å². The molecule has 128 valence electrons. The molecule has 0 saturated carbocycles. The molecule has 1 aliphatic heterocycles. The fourth-order valence-electron chi connectivity index (χ4n) is 4.14. The van der Waals surface area contributed by atoms with E-state index >= 15 is 0 Å². The highest BCUT2D eigenvalue weighted by Crippen LogP contribution is 2.49. The largest absolute Gasteiger partial charge is 0.358 e. The standard InChI is InChI=1S/C22H22ClNO/c1-13-4-9-17-16(10-13)20(14-5-7-15(23)8-6-14)21-18(24-17)11-22(2,3)12-19(21)25/h4-10,20,24H,11-12H2,1-3H3. The topological polar surface area (TPSA) is 29.1 Å². The molecule has 0 radical (unpaired) electrons. The first kappa shape index (κ1) is 16.4. The number of benzene rings is 2. The number of hydrogen-bond acceptors (Lipinski definition) is 2. The first-order chi connectivity index (χ1) is 11.8. The van der Waals surface area contributed by atoms with Gasteiger partial charge in [0.15, 0.2) is 5.78 Å². The maximum Gasteiger partial charge on any atom is 0.162 e. The summed E-state index contributed by atoms with van der Waals surface area (Å²) in [5, 5.41) is 4.27. The summed E-state index contributed by atoms with van der Waals surface area (Å²) in [5.41, 5.74) is 6.61. The molecule has 1 atom stereocenters. The van der Waals surface area contributed by atoms with E-state index in [2.05, 4.69) is 44.3 Å². The maximum absolute atomic E-state index is 13.1. The van der Waals surface area contributed by atoms with Gasteiger partial charge in [0.2, 0.25) is 0 Å². The van der Waals surface area contributed by atoms with E-state index in [-0.39, 0.29) is 17.1 Å². The van der Waals surface area contributed by atoms with Gasteiger partial charge in [0.25, 0.3) is 0 Å². The van der Waals surface area contributed by atoms with Gasteiger partial charge in [0.05, 0.1) is 0 Å². The lowest BCUT2D eigenvalue weighted by molar-refractivity contribution is -0.118. The Morgan fingerprint density at radius 2 is 1.80 bits per heavy atom. The maximum atomic E-state index is 13.1. The number of allylic oxidation sites excluding steroid dienone is 2. The molecule has 2 aromatic carbocycles. The number of ketones is 1. The van der Waals surface area contributed by atoms with Crippen molar-refractivity contribution >= 4 is 23.1 Å². The molecular formula is C22H22ClNO. The van der Waals surface area contributed by atoms with Crippen LogP contribution in [0.5, 0.6) is 0 Å². The lowest BCUT2D eigenvalue weighted by atomic mass is 9.68. The first-order valence-electron chi connectivity index (χ1n) is 8.73. The van der Waals surface area contributed by atoms with Gasteiger partial charge >= 0.3 is 0 Å². The molecule has 0 amide bonds. The number of aryl methyl sites for hydroxylation is 1. The molecule has 1 heterocycles. The van der Waals surface area contributed by atoms with Crippen LogP contribution in [0.25, 0.3) is 0 Å². The van der Waals surface area contributed by atoms with E-state index in [1.807, 2.05) is 24.3 Å². The first-order valence-corrected chi connectivity index (χ1v) is 9.11. The molecule has 2 nitrogen and oxygen atoms in total. The van der Waals surface area contributed by atoms with Crippen LogP contribution in [0.3, 0.4) is 0 Å². The summed E-state index contributed by atoms with van der Waals surface area (Å²) in [6.45, 7) is 6.42. The van der Waals surface area contributed by atoms with Crippen molar-refractivity contribution in [3.8, 4) is 0 Å². The monoisotopic (exact) mass is 351 g/mol. The molecule has 2 aliphatic rings. The van der Waals surface area contributed by atoms with Gasteiger partial charge in [-0.2, -0.15) is 0 Å². The zero-order valence-corrected chi connectivity index (χ0v) is 15.6. The Balaban J connectivity index is 1.93. The summed E-state index contributed by atoms with van der Waals surface area (Å²) < 4.78 is 0. The zero-order valence-electron chi connectivity index (χ0n) is 14.8. The van der Waals surface area contributed by atoms with E-state index < -0.39 is 0 Å². The molecule has 0 saturated heterocycles. The van der Waals surface area contributed by atoms with Gasteiger partial charge in [-0.3, -0.25) is 4.79 Å². The van der Waals surface area contributed by atoms with Crippen molar-refractivity contribution in [1.82, 2.24) is 0 Å². The molecule has 0 fully saturated rings. The summed E-state index contributed by atoms with van der Waals surface area (Å²) in [4.78, 5) is 13.1. The third-order valence-electron chi connectivity index (χ3n) is 5.22. The number of rotatable bonds is 1. The van der Waals surface area contributed by atoms with Crippen molar-refractivity contribution in [2.75, 3.05) is 5.32 Å². The highest BCUT2D eigenvalue weighted by atomic mass is 35.5. The predicted molar refractivity (Wildman–Crippen MR) is 103 cm³/mol. The Kier molecular flexibility index (Phi) is 3.77. The number of hydrogen-bond donors (Lipinski definition) is 1. The van der Waals surface area contributed by atoms with Crippen molar-refractivity contribution < 1.29 is 4.79 Å². The summed E-state index contributed by atoms with van der Waals surface area (Å²) in [6, 6.07) is 14.3. The van der Waals surface area contributed by atoms with Crippen LogP contribution < -0.4 is 5.32 Å². The van der Waals surface area contributed by atoms with Crippen LogP contribution in [-0.4, -0.2) is 5.78 Å². The molecular weight excluding hydrogens is 330 g/mol. The summed E-state index contributed by atoms with van der Waals surface area (Å²) >= 11 is 6.09. The van der Waals surface area contributed by atoms with Gasteiger partial charge in [-0.25, -0.2) is 0 Å². The van der Waals surface area contributed by atoms with Gasteiger partial charge < -0.3 is 5.32 Å². The smallest absolute Gasteiger partial charge is 0.162 e. The number of Topliss-reactive ketones (excluding diaryl/α,β-unsaturated/α-hetero) is 1. The van der Waals surface area contributed by atoms with Crippen molar-refractivity contribution in [2.24, 2.45) is 5.41 Å². The molecule has 0 bridgehead atoms. The van der Waals surface area contributed by atoms with Crippen LogP contribution >= 0.6 is 11.6 Å². The predicted octanol–water partition coefficient (Wildman–Crippen LogP) is 5.85. The van der Waals surface area contributed by atoms with Gasteiger partial charge in [-0.05, 0) is 48.1 Å². The molecule has 3 heteroatoms. The lowest BCUT2D eigenvalue weighted by Crippen LogP contribution is -2.33. The average molecular weight is 352 g/mol. The number of halogens is 1. The second-order valence-corrected chi connectivity index (χ2v) is 8.47. The third-order valence-corrected chi connectivity index (χ3v) is 5.47. The van der Waals surface area contributed by atoms with E-state index in [1.54, 1.807) is 0 Å². The van der Waals surface area contributed by atoms with Crippen LogP contribution in [0.1, 0.15) is 49.3 Å².